The molecule has 0 aromatic carbocycles. The van der Waals surface area contributed by atoms with Gasteiger partial charge in [0, 0.05) is 6.20 Å². The molecule has 0 aliphatic heterocycles. The van der Waals surface area contributed by atoms with Gasteiger partial charge >= 0.3 is 11.9 Å². The summed E-state index contributed by atoms with van der Waals surface area (Å²) in [6.45, 7) is 0. The zero-order valence-electron chi connectivity index (χ0n) is 9.60. The van der Waals surface area contributed by atoms with E-state index in [2.05, 4.69) is 20.2 Å². The molecule has 0 bridgehead atoms. The highest BCUT2D eigenvalue weighted by Crippen LogP contribution is 2.27. The first-order chi connectivity index (χ1) is 9.49. The fourth-order valence-corrected chi connectivity index (χ4v) is 2.27. The minimum atomic E-state index is -1.26. The predicted octanol–water partition coefficient (Wildman–Crippen LogP) is 1.48. The second kappa shape index (κ2) is 5.75. The molecular formula is C10H6N4O4S2. The van der Waals surface area contributed by atoms with Crippen LogP contribution in [0.1, 0.15) is 20.8 Å². The summed E-state index contributed by atoms with van der Waals surface area (Å²) in [6.07, 6.45) is 3.76. The molecular weight excluding hydrogens is 304 g/mol. The van der Waals surface area contributed by atoms with Crippen LogP contribution in [0.5, 0.6) is 0 Å². The van der Waals surface area contributed by atoms with Crippen LogP contribution in [-0.2, 0) is 0 Å². The van der Waals surface area contributed by atoms with Crippen LogP contribution in [0.3, 0.4) is 0 Å². The molecule has 0 saturated heterocycles. The highest BCUT2D eigenvalue weighted by atomic mass is 32.2. The number of aromatic carboxylic acids is 2. The molecule has 2 aromatic heterocycles. The van der Waals surface area contributed by atoms with Crippen LogP contribution >= 0.6 is 24.0 Å². The molecule has 0 spiro atoms. The minimum absolute atomic E-state index is 0.00633. The zero-order chi connectivity index (χ0) is 14.7. The SMILES string of the molecule is O=C(O)c1cnncc1Sc1c[nH]c(=S)c(C(=O)O)n1. The molecule has 10 heteroatoms. The van der Waals surface area contributed by atoms with Crippen molar-refractivity contribution in [1.82, 2.24) is 20.2 Å². The van der Waals surface area contributed by atoms with E-state index >= 15 is 0 Å². The Morgan fingerprint density at radius 1 is 1.20 bits per heavy atom. The van der Waals surface area contributed by atoms with Gasteiger partial charge in [-0.3, -0.25) is 0 Å². The number of hydrogen-bond donors (Lipinski definition) is 3. The first-order valence-corrected chi connectivity index (χ1v) is 6.26. The van der Waals surface area contributed by atoms with E-state index in [1.165, 1.54) is 12.4 Å². The molecule has 2 heterocycles. The third-order valence-corrected chi connectivity index (χ3v) is 3.38. The van der Waals surface area contributed by atoms with Gasteiger partial charge in [-0.1, -0.05) is 24.0 Å². The highest BCUT2D eigenvalue weighted by molar-refractivity contribution is 7.99. The van der Waals surface area contributed by atoms with Crippen molar-refractivity contribution >= 4 is 35.9 Å². The molecule has 0 amide bonds. The number of carboxylic acid groups (broad SMARTS) is 2. The summed E-state index contributed by atoms with van der Waals surface area (Å²) in [4.78, 5) is 28.7. The average molecular weight is 310 g/mol. The summed E-state index contributed by atoms with van der Waals surface area (Å²) in [5, 5.41) is 25.3. The lowest BCUT2D eigenvalue weighted by molar-refractivity contribution is 0.0679. The van der Waals surface area contributed by atoms with Crippen LogP contribution in [0.2, 0.25) is 0 Å². The Balaban J connectivity index is 2.41. The third-order valence-electron chi connectivity index (χ3n) is 2.11. The lowest BCUT2D eigenvalue weighted by atomic mass is 10.3. The normalized spacial score (nSPS) is 10.2. The van der Waals surface area contributed by atoms with E-state index in [4.69, 9.17) is 22.4 Å². The number of nitrogens with zero attached hydrogens (tertiary/aromatic N) is 3. The van der Waals surface area contributed by atoms with E-state index in [0.717, 1.165) is 18.0 Å². The number of aromatic nitrogens is 4. The first-order valence-electron chi connectivity index (χ1n) is 5.04. The summed E-state index contributed by atoms with van der Waals surface area (Å²) < 4.78 is -0.00633. The Labute approximate surface area is 120 Å². The topological polar surface area (TPSA) is 129 Å². The van der Waals surface area contributed by atoms with Crippen LogP contribution in [-0.4, -0.2) is 42.3 Å². The molecule has 0 saturated carbocycles. The first kappa shape index (κ1) is 14.1. The van der Waals surface area contributed by atoms with Crippen LogP contribution < -0.4 is 0 Å². The smallest absolute Gasteiger partial charge is 0.357 e. The fraction of sp³-hybridized carbons (Fsp3) is 0. The van der Waals surface area contributed by atoms with Gasteiger partial charge in [-0.2, -0.15) is 10.2 Å². The van der Waals surface area contributed by atoms with E-state index in [-0.39, 0.29) is 20.9 Å². The zero-order valence-corrected chi connectivity index (χ0v) is 11.2. The lowest BCUT2D eigenvalue weighted by Crippen LogP contribution is -2.04. The monoisotopic (exact) mass is 310 g/mol. The molecule has 0 atom stereocenters. The van der Waals surface area contributed by atoms with Crippen molar-refractivity contribution in [2.45, 2.75) is 9.92 Å². The molecule has 3 N–H and O–H groups in total. The van der Waals surface area contributed by atoms with Gasteiger partial charge in [0.1, 0.15) is 9.67 Å². The molecule has 0 aliphatic carbocycles. The van der Waals surface area contributed by atoms with Crippen LogP contribution in [0.15, 0.2) is 28.5 Å². The van der Waals surface area contributed by atoms with Gasteiger partial charge in [0.15, 0.2) is 5.69 Å². The predicted molar refractivity (Wildman–Crippen MR) is 69.5 cm³/mol. The summed E-state index contributed by atoms with van der Waals surface area (Å²) in [5.74, 6) is -2.43. The second-order valence-corrected chi connectivity index (χ2v) is 4.87. The average Bonchev–Trinajstić information content (AvgIpc) is 2.41. The molecule has 2 rings (SSSR count). The summed E-state index contributed by atoms with van der Waals surface area (Å²) >= 11 is 5.74. The van der Waals surface area contributed by atoms with Gasteiger partial charge in [-0.05, 0) is 0 Å². The number of H-pyrrole nitrogens is 1. The fourth-order valence-electron chi connectivity index (χ4n) is 1.25. The maximum absolute atomic E-state index is 11.0. The van der Waals surface area contributed by atoms with Crippen LogP contribution in [0.4, 0.5) is 0 Å². The van der Waals surface area contributed by atoms with Crippen molar-refractivity contribution in [3.8, 4) is 0 Å². The van der Waals surface area contributed by atoms with E-state index < -0.39 is 11.9 Å². The van der Waals surface area contributed by atoms with Gasteiger partial charge in [-0.25, -0.2) is 14.6 Å². The quantitative estimate of drug-likeness (QED) is 0.719. The number of nitrogens with one attached hydrogen (secondary N) is 1. The second-order valence-electron chi connectivity index (χ2n) is 3.40. The Kier molecular flexibility index (Phi) is 4.05. The maximum Gasteiger partial charge on any atom is 0.357 e. The van der Waals surface area contributed by atoms with Gasteiger partial charge in [0.05, 0.1) is 22.9 Å². The molecule has 0 unspecified atom stereocenters. The van der Waals surface area contributed by atoms with E-state index in [9.17, 15) is 9.59 Å². The van der Waals surface area contributed by atoms with E-state index in [0.29, 0.717) is 4.90 Å². The summed E-state index contributed by atoms with van der Waals surface area (Å²) in [6, 6.07) is 0. The minimum Gasteiger partial charge on any atom is -0.478 e. The van der Waals surface area contributed by atoms with E-state index in [1.807, 2.05) is 0 Å². The molecule has 2 aromatic rings. The van der Waals surface area contributed by atoms with Crippen molar-refractivity contribution in [2.24, 2.45) is 0 Å². The van der Waals surface area contributed by atoms with Gasteiger partial charge in [0.2, 0.25) is 0 Å². The standard InChI is InChI=1S/C10H6N4O4S2/c15-9(16)4-1-12-13-2-5(4)20-6-3-11-8(19)7(14-6)10(17)18/h1-3H,(H,11,19)(H,15,16)(H,17,18). The van der Waals surface area contributed by atoms with Crippen LogP contribution in [0, 0.1) is 4.64 Å². The summed E-state index contributed by atoms with van der Waals surface area (Å²) in [5.41, 5.74) is -0.352. The van der Waals surface area contributed by atoms with Gasteiger partial charge < -0.3 is 15.2 Å². The molecule has 0 aliphatic rings. The largest absolute Gasteiger partial charge is 0.478 e. The Morgan fingerprint density at radius 3 is 2.55 bits per heavy atom. The van der Waals surface area contributed by atoms with Crippen LogP contribution in [0.25, 0.3) is 0 Å². The van der Waals surface area contributed by atoms with Crippen molar-refractivity contribution in [3.63, 3.8) is 0 Å². The third kappa shape index (κ3) is 2.97. The Morgan fingerprint density at radius 2 is 1.90 bits per heavy atom. The van der Waals surface area contributed by atoms with Gasteiger partial charge in [-0.15, -0.1) is 0 Å². The van der Waals surface area contributed by atoms with Crippen molar-refractivity contribution in [1.29, 1.82) is 0 Å². The van der Waals surface area contributed by atoms with E-state index in [1.54, 1.807) is 0 Å². The maximum atomic E-state index is 11.0. The summed E-state index contributed by atoms with van der Waals surface area (Å²) in [7, 11) is 0. The molecule has 20 heavy (non-hydrogen) atoms. The van der Waals surface area contributed by atoms with Crippen molar-refractivity contribution in [2.75, 3.05) is 0 Å². The molecule has 0 radical (unpaired) electrons. The number of aromatic amines is 1. The number of rotatable bonds is 4. The number of hydrogen-bond acceptors (Lipinski definition) is 7. The van der Waals surface area contributed by atoms with Gasteiger partial charge in [0.25, 0.3) is 0 Å². The number of carboxylic acids is 2. The Bertz CT molecular complexity index is 746. The number of carbonyl (C=O) groups is 2. The lowest BCUT2D eigenvalue weighted by Gasteiger charge is -2.04. The molecule has 8 nitrogen and oxygen atoms in total. The molecule has 0 fully saturated rings. The van der Waals surface area contributed by atoms with Crippen molar-refractivity contribution in [3.05, 3.63) is 34.5 Å². The van der Waals surface area contributed by atoms with Crippen molar-refractivity contribution < 1.29 is 19.8 Å². The molecule has 102 valence electrons. The highest BCUT2D eigenvalue weighted by Gasteiger charge is 2.14. The Hall–Kier alpha value is -2.33.